The van der Waals surface area contributed by atoms with Crippen molar-refractivity contribution in [1.29, 1.82) is 0 Å². The molecule has 0 aliphatic heterocycles. The zero-order valence-corrected chi connectivity index (χ0v) is 10.2. The summed E-state index contributed by atoms with van der Waals surface area (Å²) in [5.74, 6) is -0.671. The lowest BCUT2D eigenvalue weighted by atomic mass is 10.2. The predicted octanol–water partition coefficient (Wildman–Crippen LogP) is 2.43. The zero-order valence-electron chi connectivity index (χ0n) is 10.2. The van der Waals surface area contributed by atoms with Crippen molar-refractivity contribution in [2.45, 2.75) is 6.92 Å². The van der Waals surface area contributed by atoms with E-state index in [4.69, 9.17) is 0 Å². The van der Waals surface area contributed by atoms with Gasteiger partial charge in [0.15, 0.2) is 5.82 Å². The summed E-state index contributed by atoms with van der Waals surface area (Å²) in [4.78, 5) is 15.6. The van der Waals surface area contributed by atoms with Gasteiger partial charge in [0.25, 0.3) is 0 Å². The molecule has 3 rings (SSSR count). The number of aromatic nitrogens is 3. The number of hydrogen-bond acceptors (Lipinski definition) is 3. The van der Waals surface area contributed by atoms with Gasteiger partial charge in [0.2, 0.25) is 0 Å². The SMILES string of the molecule is Cc1ccc(C(=O)O)c(-n2ncc3ccccc32)n1. The number of pyridine rings is 1. The van der Waals surface area contributed by atoms with Gasteiger partial charge in [0, 0.05) is 11.1 Å². The number of carbonyl (C=O) groups is 1. The molecular formula is C14H11N3O2. The molecule has 5 nitrogen and oxygen atoms in total. The third-order valence-electron chi connectivity index (χ3n) is 2.92. The first kappa shape index (κ1) is 11.4. The topological polar surface area (TPSA) is 68.0 Å². The van der Waals surface area contributed by atoms with Crippen molar-refractivity contribution in [3.05, 3.63) is 53.9 Å². The van der Waals surface area contributed by atoms with Crippen LogP contribution in [0.5, 0.6) is 0 Å². The molecule has 0 radical (unpaired) electrons. The summed E-state index contributed by atoms with van der Waals surface area (Å²) in [6.07, 6.45) is 1.70. The number of aryl methyl sites for hydroxylation is 1. The molecular weight excluding hydrogens is 242 g/mol. The van der Waals surface area contributed by atoms with E-state index in [0.29, 0.717) is 5.82 Å². The molecule has 2 heterocycles. The van der Waals surface area contributed by atoms with Crippen LogP contribution in [0.15, 0.2) is 42.6 Å². The lowest BCUT2D eigenvalue weighted by Crippen LogP contribution is -2.09. The van der Waals surface area contributed by atoms with Gasteiger partial charge in [0.05, 0.1) is 11.7 Å². The third-order valence-corrected chi connectivity index (χ3v) is 2.92. The predicted molar refractivity (Wildman–Crippen MR) is 70.6 cm³/mol. The minimum absolute atomic E-state index is 0.138. The van der Waals surface area contributed by atoms with Crippen molar-refractivity contribution in [2.75, 3.05) is 0 Å². The fourth-order valence-electron chi connectivity index (χ4n) is 2.01. The molecule has 0 fully saturated rings. The first-order chi connectivity index (χ1) is 9.16. The van der Waals surface area contributed by atoms with Crippen molar-refractivity contribution in [2.24, 2.45) is 0 Å². The van der Waals surface area contributed by atoms with Crippen LogP contribution in [0, 0.1) is 6.92 Å². The van der Waals surface area contributed by atoms with E-state index in [0.717, 1.165) is 16.6 Å². The molecule has 0 aliphatic rings. The van der Waals surface area contributed by atoms with Gasteiger partial charge in [-0.2, -0.15) is 5.10 Å². The Hall–Kier alpha value is -2.69. The van der Waals surface area contributed by atoms with Gasteiger partial charge < -0.3 is 5.11 Å². The molecule has 2 aromatic heterocycles. The van der Waals surface area contributed by atoms with E-state index in [1.54, 1.807) is 23.0 Å². The molecule has 0 spiro atoms. The molecule has 0 amide bonds. The van der Waals surface area contributed by atoms with Crippen LogP contribution in [-0.4, -0.2) is 25.8 Å². The molecule has 19 heavy (non-hydrogen) atoms. The van der Waals surface area contributed by atoms with E-state index in [1.165, 1.54) is 0 Å². The second-order valence-electron chi connectivity index (χ2n) is 4.24. The Morgan fingerprint density at radius 2 is 2.00 bits per heavy atom. The van der Waals surface area contributed by atoms with Gasteiger partial charge in [-0.05, 0) is 25.1 Å². The van der Waals surface area contributed by atoms with Gasteiger partial charge in [-0.25, -0.2) is 14.5 Å². The number of hydrogen-bond donors (Lipinski definition) is 1. The number of fused-ring (bicyclic) bond motifs is 1. The van der Waals surface area contributed by atoms with E-state index in [9.17, 15) is 9.90 Å². The molecule has 5 heteroatoms. The van der Waals surface area contributed by atoms with Gasteiger partial charge in [-0.3, -0.25) is 0 Å². The highest BCUT2D eigenvalue weighted by Gasteiger charge is 2.15. The van der Waals surface area contributed by atoms with Crippen LogP contribution in [0.3, 0.4) is 0 Å². The first-order valence-electron chi connectivity index (χ1n) is 5.81. The highest BCUT2D eigenvalue weighted by Crippen LogP contribution is 2.19. The van der Waals surface area contributed by atoms with Crippen LogP contribution < -0.4 is 0 Å². The molecule has 0 bridgehead atoms. The van der Waals surface area contributed by atoms with Crippen LogP contribution in [0.25, 0.3) is 16.7 Å². The number of carboxylic acid groups (broad SMARTS) is 1. The lowest BCUT2D eigenvalue weighted by Gasteiger charge is -2.07. The van der Waals surface area contributed by atoms with E-state index in [1.807, 2.05) is 31.2 Å². The lowest BCUT2D eigenvalue weighted by molar-refractivity contribution is 0.0696. The Morgan fingerprint density at radius 3 is 2.79 bits per heavy atom. The average molecular weight is 253 g/mol. The van der Waals surface area contributed by atoms with Crippen molar-refractivity contribution in [1.82, 2.24) is 14.8 Å². The maximum atomic E-state index is 11.3. The first-order valence-corrected chi connectivity index (χ1v) is 5.81. The van der Waals surface area contributed by atoms with Crippen LogP contribution in [0.2, 0.25) is 0 Å². The normalized spacial score (nSPS) is 10.8. The fourth-order valence-corrected chi connectivity index (χ4v) is 2.01. The second kappa shape index (κ2) is 4.20. The number of nitrogens with zero attached hydrogens (tertiary/aromatic N) is 3. The van der Waals surface area contributed by atoms with Gasteiger partial charge >= 0.3 is 5.97 Å². The Kier molecular flexibility index (Phi) is 2.52. The highest BCUT2D eigenvalue weighted by molar-refractivity contribution is 5.92. The molecule has 0 atom stereocenters. The van der Waals surface area contributed by atoms with E-state index < -0.39 is 5.97 Å². The molecule has 1 aromatic carbocycles. The fraction of sp³-hybridized carbons (Fsp3) is 0.0714. The minimum atomic E-state index is -1.01. The highest BCUT2D eigenvalue weighted by atomic mass is 16.4. The standard InChI is InChI=1S/C14H11N3O2/c1-9-6-7-11(14(18)19)13(16-9)17-12-5-3-2-4-10(12)8-15-17/h2-8H,1H3,(H,18,19). The van der Waals surface area contributed by atoms with Crippen molar-refractivity contribution >= 4 is 16.9 Å². The van der Waals surface area contributed by atoms with Crippen LogP contribution in [0.1, 0.15) is 16.1 Å². The van der Waals surface area contributed by atoms with Crippen molar-refractivity contribution in [3.63, 3.8) is 0 Å². The summed E-state index contributed by atoms with van der Waals surface area (Å²) in [5.41, 5.74) is 1.72. The third kappa shape index (κ3) is 1.85. The smallest absolute Gasteiger partial charge is 0.339 e. The number of aromatic carboxylic acids is 1. The van der Waals surface area contributed by atoms with Gasteiger partial charge in [-0.15, -0.1) is 0 Å². The number of para-hydroxylation sites is 1. The monoisotopic (exact) mass is 253 g/mol. The second-order valence-corrected chi connectivity index (χ2v) is 4.24. The quantitative estimate of drug-likeness (QED) is 0.761. The van der Waals surface area contributed by atoms with Crippen LogP contribution in [-0.2, 0) is 0 Å². The molecule has 1 N–H and O–H groups in total. The maximum absolute atomic E-state index is 11.3. The van der Waals surface area contributed by atoms with E-state index in [2.05, 4.69) is 10.1 Å². The Morgan fingerprint density at radius 1 is 1.21 bits per heavy atom. The maximum Gasteiger partial charge on any atom is 0.339 e. The molecule has 94 valence electrons. The average Bonchev–Trinajstić information content (AvgIpc) is 2.82. The summed E-state index contributed by atoms with van der Waals surface area (Å²) in [5, 5.41) is 14.4. The molecule has 0 unspecified atom stereocenters. The summed E-state index contributed by atoms with van der Waals surface area (Å²) in [6.45, 7) is 1.82. The van der Waals surface area contributed by atoms with Crippen LogP contribution in [0.4, 0.5) is 0 Å². The molecule has 0 saturated heterocycles. The summed E-state index contributed by atoms with van der Waals surface area (Å²) >= 11 is 0. The molecule has 0 aliphatic carbocycles. The minimum Gasteiger partial charge on any atom is -0.478 e. The largest absolute Gasteiger partial charge is 0.478 e. The number of benzene rings is 1. The van der Waals surface area contributed by atoms with Crippen molar-refractivity contribution < 1.29 is 9.90 Å². The van der Waals surface area contributed by atoms with Crippen molar-refractivity contribution in [3.8, 4) is 5.82 Å². The summed E-state index contributed by atoms with van der Waals surface area (Å²) < 4.78 is 1.56. The zero-order chi connectivity index (χ0) is 13.4. The van der Waals surface area contributed by atoms with E-state index >= 15 is 0 Å². The number of carboxylic acids is 1. The van der Waals surface area contributed by atoms with E-state index in [-0.39, 0.29) is 5.56 Å². The molecule has 0 saturated carbocycles. The number of rotatable bonds is 2. The Labute approximate surface area is 109 Å². The summed E-state index contributed by atoms with van der Waals surface area (Å²) in [6, 6.07) is 10.8. The summed E-state index contributed by atoms with van der Waals surface area (Å²) in [7, 11) is 0. The molecule has 3 aromatic rings. The van der Waals surface area contributed by atoms with Gasteiger partial charge in [-0.1, -0.05) is 18.2 Å². The van der Waals surface area contributed by atoms with Crippen LogP contribution >= 0.6 is 0 Å². The van der Waals surface area contributed by atoms with Gasteiger partial charge in [0.1, 0.15) is 5.56 Å². The Bertz CT molecular complexity index is 777. The Balaban J connectivity index is 2.32.